The summed E-state index contributed by atoms with van der Waals surface area (Å²) < 4.78 is 14.7. The third-order valence-electron chi connectivity index (χ3n) is 3.21. The van der Waals surface area contributed by atoms with Gasteiger partial charge in [0.05, 0.1) is 20.1 Å². The third-order valence-corrected chi connectivity index (χ3v) is 3.21. The van der Waals surface area contributed by atoms with E-state index in [4.69, 9.17) is 14.2 Å². The molecule has 0 aromatic rings. The van der Waals surface area contributed by atoms with Gasteiger partial charge in [-0.25, -0.2) is 9.59 Å². The van der Waals surface area contributed by atoms with Crippen molar-refractivity contribution in [3.63, 3.8) is 0 Å². The van der Waals surface area contributed by atoms with E-state index in [9.17, 15) is 14.4 Å². The molecule has 0 saturated carbocycles. The maximum Gasteiger partial charge on any atom is 0.411 e. The van der Waals surface area contributed by atoms with Crippen molar-refractivity contribution in [3.8, 4) is 0 Å². The molecule has 120 valence electrons. The van der Waals surface area contributed by atoms with E-state index < -0.39 is 35.6 Å². The molecule has 1 amide bonds. The zero-order valence-electron chi connectivity index (χ0n) is 13.2. The highest BCUT2D eigenvalue weighted by atomic mass is 16.6. The molecule has 0 N–H and O–H groups in total. The molecular formula is C14H23NO6. The lowest BCUT2D eigenvalue weighted by Gasteiger charge is -2.38. The van der Waals surface area contributed by atoms with Crippen LogP contribution in [0.5, 0.6) is 0 Å². The van der Waals surface area contributed by atoms with Gasteiger partial charge in [-0.2, -0.15) is 0 Å². The van der Waals surface area contributed by atoms with Crippen LogP contribution in [0.25, 0.3) is 0 Å². The number of ether oxygens (including phenoxy) is 3. The maximum absolute atomic E-state index is 12.2. The van der Waals surface area contributed by atoms with E-state index in [1.807, 2.05) is 0 Å². The lowest BCUT2D eigenvalue weighted by molar-refractivity contribution is -0.161. The fraction of sp³-hybridized carbons (Fsp3) is 0.786. The molecule has 0 aromatic heterocycles. The van der Waals surface area contributed by atoms with Crippen molar-refractivity contribution in [1.29, 1.82) is 0 Å². The van der Waals surface area contributed by atoms with E-state index in [0.29, 0.717) is 19.4 Å². The second kappa shape index (κ2) is 6.78. The van der Waals surface area contributed by atoms with Crippen molar-refractivity contribution in [1.82, 2.24) is 4.90 Å². The molecule has 2 atom stereocenters. The Kier molecular flexibility index (Phi) is 5.57. The maximum atomic E-state index is 12.2. The van der Waals surface area contributed by atoms with Crippen LogP contribution in [0.15, 0.2) is 0 Å². The van der Waals surface area contributed by atoms with Gasteiger partial charge in [0, 0.05) is 6.54 Å². The highest BCUT2D eigenvalue weighted by Gasteiger charge is 2.45. The molecule has 0 spiro atoms. The Morgan fingerprint density at radius 2 is 1.62 bits per heavy atom. The first-order chi connectivity index (χ1) is 9.71. The first kappa shape index (κ1) is 17.3. The number of rotatable bonds is 2. The van der Waals surface area contributed by atoms with Gasteiger partial charge in [-0.3, -0.25) is 9.69 Å². The number of hydrogen-bond donors (Lipinski definition) is 0. The smallest absolute Gasteiger partial charge is 0.411 e. The van der Waals surface area contributed by atoms with Gasteiger partial charge in [0.15, 0.2) is 0 Å². The zero-order chi connectivity index (χ0) is 16.2. The number of carbonyl (C=O) groups is 3. The quantitative estimate of drug-likeness (QED) is 0.565. The predicted octanol–water partition coefficient (Wildman–Crippen LogP) is 1.35. The van der Waals surface area contributed by atoms with E-state index >= 15 is 0 Å². The minimum absolute atomic E-state index is 0.335. The van der Waals surface area contributed by atoms with Gasteiger partial charge in [-0.15, -0.1) is 0 Å². The molecule has 0 radical (unpaired) electrons. The van der Waals surface area contributed by atoms with Crippen LogP contribution in [0.4, 0.5) is 4.79 Å². The summed E-state index contributed by atoms with van der Waals surface area (Å²) in [4.78, 5) is 37.3. The highest BCUT2D eigenvalue weighted by molar-refractivity contribution is 5.88. The summed E-state index contributed by atoms with van der Waals surface area (Å²) in [6, 6.07) is -1.01. The molecule has 0 aliphatic carbocycles. The van der Waals surface area contributed by atoms with E-state index in [2.05, 4.69) is 0 Å². The number of piperidine rings is 1. The molecule has 21 heavy (non-hydrogen) atoms. The van der Waals surface area contributed by atoms with Crippen molar-refractivity contribution >= 4 is 18.0 Å². The molecule has 1 heterocycles. The van der Waals surface area contributed by atoms with Gasteiger partial charge >= 0.3 is 18.0 Å². The van der Waals surface area contributed by atoms with Gasteiger partial charge in [0.25, 0.3) is 0 Å². The minimum Gasteiger partial charge on any atom is -0.469 e. The van der Waals surface area contributed by atoms with Crippen LogP contribution in [0.2, 0.25) is 0 Å². The van der Waals surface area contributed by atoms with Gasteiger partial charge in [-0.1, -0.05) is 0 Å². The molecule has 1 aliphatic heterocycles. The van der Waals surface area contributed by atoms with Crippen LogP contribution in [-0.4, -0.2) is 55.3 Å². The standard InChI is InChI=1S/C14H23NO6/c1-14(2,3)21-13(18)15-8-6-7-9(11(16)19-4)10(15)12(17)20-5/h9-10H,6-8H2,1-5H3/t9-,10-/m0/s1. The summed E-state index contributed by atoms with van der Waals surface area (Å²) in [6.07, 6.45) is 0.421. The summed E-state index contributed by atoms with van der Waals surface area (Å²) >= 11 is 0. The van der Waals surface area contributed by atoms with Gasteiger partial charge in [0.1, 0.15) is 11.6 Å². The Balaban J connectivity index is 3.01. The average molecular weight is 301 g/mol. The highest BCUT2D eigenvalue weighted by Crippen LogP contribution is 2.27. The average Bonchev–Trinajstić information content (AvgIpc) is 2.42. The van der Waals surface area contributed by atoms with Crippen LogP contribution in [0, 0.1) is 5.92 Å². The summed E-state index contributed by atoms with van der Waals surface area (Å²) in [5.41, 5.74) is -0.685. The number of methoxy groups -OCH3 is 2. The Morgan fingerprint density at radius 1 is 1.05 bits per heavy atom. The molecule has 0 bridgehead atoms. The molecule has 7 heteroatoms. The molecule has 1 fully saturated rings. The van der Waals surface area contributed by atoms with Crippen LogP contribution >= 0.6 is 0 Å². The van der Waals surface area contributed by atoms with Crippen LogP contribution in [0.3, 0.4) is 0 Å². The Labute approximate surface area is 124 Å². The molecule has 1 aliphatic rings. The van der Waals surface area contributed by atoms with Gasteiger partial charge in [0.2, 0.25) is 0 Å². The Hall–Kier alpha value is -1.79. The van der Waals surface area contributed by atoms with Crippen LogP contribution in [-0.2, 0) is 23.8 Å². The van der Waals surface area contributed by atoms with E-state index in [1.54, 1.807) is 20.8 Å². The topological polar surface area (TPSA) is 82.1 Å². The molecule has 1 saturated heterocycles. The molecule has 0 aromatic carbocycles. The number of nitrogens with zero attached hydrogens (tertiary/aromatic N) is 1. The lowest BCUT2D eigenvalue weighted by Crippen LogP contribution is -2.56. The molecule has 7 nitrogen and oxygen atoms in total. The van der Waals surface area contributed by atoms with Crippen molar-refractivity contribution < 1.29 is 28.6 Å². The minimum atomic E-state index is -1.01. The summed E-state index contributed by atoms with van der Waals surface area (Å²) in [5.74, 6) is -1.90. The van der Waals surface area contributed by atoms with E-state index in [-0.39, 0.29) is 0 Å². The number of amides is 1. The van der Waals surface area contributed by atoms with Crippen LogP contribution in [0.1, 0.15) is 33.6 Å². The summed E-state index contributed by atoms with van der Waals surface area (Å²) in [5, 5.41) is 0. The monoisotopic (exact) mass is 301 g/mol. The molecule has 0 unspecified atom stereocenters. The first-order valence-corrected chi connectivity index (χ1v) is 6.86. The predicted molar refractivity (Wildman–Crippen MR) is 73.5 cm³/mol. The van der Waals surface area contributed by atoms with Gasteiger partial charge < -0.3 is 14.2 Å². The first-order valence-electron chi connectivity index (χ1n) is 6.86. The molecular weight excluding hydrogens is 278 g/mol. The normalized spacial score (nSPS) is 22.4. The fourth-order valence-corrected chi connectivity index (χ4v) is 2.33. The largest absolute Gasteiger partial charge is 0.469 e. The number of hydrogen-bond acceptors (Lipinski definition) is 6. The number of likely N-dealkylation sites (tertiary alicyclic amines) is 1. The van der Waals surface area contributed by atoms with E-state index in [0.717, 1.165) is 0 Å². The lowest BCUT2D eigenvalue weighted by atomic mass is 9.89. The van der Waals surface area contributed by atoms with Crippen molar-refractivity contribution in [2.24, 2.45) is 5.92 Å². The van der Waals surface area contributed by atoms with E-state index in [1.165, 1.54) is 19.1 Å². The third kappa shape index (κ3) is 4.34. The second-order valence-corrected chi connectivity index (χ2v) is 5.91. The van der Waals surface area contributed by atoms with Crippen molar-refractivity contribution in [3.05, 3.63) is 0 Å². The number of esters is 2. The number of carbonyl (C=O) groups excluding carboxylic acids is 3. The van der Waals surface area contributed by atoms with Gasteiger partial charge in [-0.05, 0) is 33.6 Å². The Bertz CT molecular complexity index is 414. The van der Waals surface area contributed by atoms with Crippen LogP contribution < -0.4 is 0 Å². The molecule has 1 rings (SSSR count). The SMILES string of the molecule is COC(=O)[C@H]1CCCN(C(=O)OC(C)(C)C)[C@@H]1C(=O)OC. The summed E-state index contributed by atoms with van der Waals surface area (Å²) in [6.45, 7) is 5.54. The fourth-order valence-electron chi connectivity index (χ4n) is 2.33. The van der Waals surface area contributed by atoms with Crippen molar-refractivity contribution in [2.45, 2.75) is 45.3 Å². The van der Waals surface area contributed by atoms with Crippen molar-refractivity contribution in [2.75, 3.05) is 20.8 Å². The summed E-state index contributed by atoms with van der Waals surface area (Å²) in [7, 11) is 2.47. The Morgan fingerprint density at radius 3 is 2.10 bits per heavy atom. The second-order valence-electron chi connectivity index (χ2n) is 5.91. The zero-order valence-corrected chi connectivity index (χ0v) is 13.2.